The van der Waals surface area contributed by atoms with Crippen molar-refractivity contribution in [3.05, 3.63) is 40.4 Å². The second-order valence-electron chi connectivity index (χ2n) is 6.61. The van der Waals surface area contributed by atoms with Crippen molar-refractivity contribution in [1.29, 1.82) is 0 Å². The Kier molecular flexibility index (Phi) is 6.93. The number of benzene rings is 1. The van der Waals surface area contributed by atoms with Crippen molar-refractivity contribution >= 4 is 40.0 Å². The van der Waals surface area contributed by atoms with Crippen LogP contribution in [0, 0.1) is 6.92 Å². The highest BCUT2D eigenvalue weighted by Crippen LogP contribution is 2.26. The smallest absolute Gasteiger partial charge is 0.281 e. The van der Waals surface area contributed by atoms with Crippen molar-refractivity contribution in [2.75, 3.05) is 31.2 Å². The zero-order valence-corrected chi connectivity index (χ0v) is 17.8. The van der Waals surface area contributed by atoms with E-state index >= 15 is 0 Å². The minimum Gasteiger partial charge on any atom is -0.378 e. The first-order chi connectivity index (χ1) is 13.4. The number of hydrazine groups is 1. The fourth-order valence-corrected chi connectivity index (χ4v) is 4.53. The number of aryl methyl sites for hydroxylation is 1. The summed E-state index contributed by atoms with van der Waals surface area (Å²) in [6.07, 6.45) is 0. The molecule has 1 aliphatic heterocycles. The molecule has 2 amide bonds. The zero-order chi connectivity index (χ0) is 20.1. The zero-order valence-electron chi connectivity index (χ0n) is 16.2. The van der Waals surface area contributed by atoms with Gasteiger partial charge < -0.3 is 9.64 Å². The highest BCUT2D eigenvalue weighted by Gasteiger charge is 2.21. The molecule has 2 N–H and O–H groups in total. The van der Waals surface area contributed by atoms with Crippen molar-refractivity contribution < 1.29 is 14.3 Å². The minimum atomic E-state index is -0.366. The van der Waals surface area contributed by atoms with E-state index in [0.29, 0.717) is 34.6 Å². The van der Waals surface area contributed by atoms with E-state index in [9.17, 15) is 9.59 Å². The number of anilines is 1. The van der Waals surface area contributed by atoms with Crippen molar-refractivity contribution in [1.82, 2.24) is 15.8 Å². The molecule has 9 heteroatoms. The van der Waals surface area contributed by atoms with E-state index in [1.165, 1.54) is 11.3 Å². The molecule has 28 heavy (non-hydrogen) atoms. The van der Waals surface area contributed by atoms with E-state index in [-0.39, 0.29) is 11.8 Å². The standard InChI is InChI=1S/C19H24N4O3S2/c1-12(2)27-15-6-4-14(5-7-15)17(24)21-22-18(25)16-13(3)20-19(28-16)23-8-10-26-11-9-23/h4-7,12H,8-11H2,1-3H3,(H,21,24)(H,22,25). The van der Waals surface area contributed by atoms with E-state index < -0.39 is 0 Å². The van der Waals surface area contributed by atoms with Crippen LogP contribution in [-0.4, -0.2) is 48.4 Å². The predicted molar refractivity (Wildman–Crippen MR) is 112 cm³/mol. The third kappa shape index (κ3) is 5.24. The van der Waals surface area contributed by atoms with Gasteiger partial charge >= 0.3 is 0 Å². The Morgan fingerprint density at radius 2 is 1.79 bits per heavy atom. The summed E-state index contributed by atoms with van der Waals surface area (Å²) in [5.74, 6) is -0.722. The van der Waals surface area contributed by atoms with Gasteiger partial charge in [0.05, 0.1) is 18.9 Å². The van der Waals surface area contributed by atoms with Crippen LogP contribution in [-0.2, 0) is 4.74 Å². The number of carbonyl (C=O) groups excluding carboxylic acids is 2. The van der Waals surface area contributed by atoms with Crippen LogP contribution in [0.1, 0.15) is 39.6 Å². The van der Waals surface area contributed by atoms with Crippen LogP contribution in [0.2, 0.25) is 0 Å². The number of thiazole rings is 1. The summed E-state index contributed by atoms with van der Waals surface area (Å²) in [6, 6.07) is 7.31. The molecule has 7 nitrogen and oxygen atoms in total. The minimum absolute atomic E-state index is 0.356. The summed E-state index contributed by atoms with van der Waals surface area (Å²) >= 11 is 3.05. The van der Waals surface area contributed by atoms with Crippen LogP contribution in [0.15, 0.2) is 29.2 Å². The Labute approximate surface area is 172 Å². The Balaban J connectivity index is 1.57. The highest BCUT2D eigenvalue weighted by molar-refractivity contribution is 7.99. The molecule has 3 rings (SSSR count). The second kappa shape index (κ2) is 9.40. The van der Waals surface area contributed by atoms with Gasteiger partial charge in [-0.15, -0.1) is 11.8 Å². The summed E-state index contributed by atoms with van der Waals surface area (Å²) in [6.45, 7) is 8.86. The van der Waals surface area contributed by atoms with Crippen LogP contribution >= 0.6 is 23.1 Å². The molecule has 1 aromatic carbocycles. The number of morpholine rings is 1. The predicted octanol–water partition coefficient (Wildman–Crippen LogP) is 2.86. The summed E-state index contributed by atoms with van der Waals surface area (Å²) in [5.41, 5.74) is 6.09. The first-order valence-electron chi connectivity index (χ1n) is 9.11. The van der Waals surface area contributed by atoms with Crippen molar-refractivity contribution in [2.45, 2.75) is 30.9 Å². The lowest BCUT2D eigenvalue weighted by Crippen LogP contribution is -2.41. The average molecular weight is 421 g/mol. The Morgan fingerprint density at radius 1 is 1.14 bits per heavy atom. The number of amides is 2. The van der Waals surface area contributed by atoms with Gasteiger partial charge in [-0.3, -0.25) is 20.4 Å². The van der Waals surface area contributed by atoms with Crippen molar-refractivity contribution in [2.24, 2.45) is 0 Å². The number of nitrogens with one attached hydrogen (secondary N) is 2. The normalized spacial score (nSPS) is 14.2. The lowest BCUT2D eigenvalue weighted by Gasteiger charge is -2.25. The molecule has 0 bridgehead atoms. The number of nitrogens with zero attached hydrogens (tertiary/aromatic N) is 2. The van der Waals surface area contributed by atoms with Crippen LogP contribution in [0.25, 0.3) is 0 Å². The van der Waals surface area contributed by atoms with Crippen molar-refractivity contribution in [3.63, 3.8) is 0 Å². The number of thioether (sulfide) groups is 1. The topological polar surface area (TPSA) is 83.6 Å². The van der Waals surface area contributed by atoms with Gasteiger partial charge in [0.15, 0.2) is 5.13 Å². The van der Waals surface area contributed by atoms with Crippen LogP contribution < -0.4 is 15.8 Å². The van der Waals surface area contributed by atoms with Gasteiger partial charge in [-0.25, -0.2) is 4.98 Å². The molecule has 150 valence electrons. The number of aromatic nitrogens is 1. The molecular formula is C19H24N4O3S2. The number of ether oxygens (including phenoxy) is 1. The highest BCUT2D eigenvalue weighted by atomic mass is 32.2. The van der Waals surface area contributed by atoms with E-state index in [0.717, 1.165) is 23.1 Å². The maximum Gasteiger partial charge on any atom is 0.281 e. The maximum absolute atomic E-state index is 12.5. The fourth-order valence-electron chi connectivity index (χ4n) is 2.68. The van der Waals surface area contributed by atoms with E-state index in [1.54, 1.807) is 30.8 Å². The third-order valence-electron chi connectivity index (χ3n) is 4.05. The molecular weight excluding hydrogens is 396 g/mol. The van der Waals surface area contributed by atoms with Crippen LogP contribution in [0.3, 0.4) is 0 Å². The SMILES string of the molecule is Cc1nc(N2CCOCC2)sc1C(=O)NNC(=O)c1ccc(SC(C)C)cc1. The van der Waals surface area contributed by atoms with Crippen LogP contribution in [0.5, 0.6) is 0 Å². The Bertz CT molecular complexity index is 830. The molecule has 1 aliphatic rings. The van der Waals surface area contributed by atoms with Crippen LogP contribution in [0.4, 0.5) is 5.13 Å². The Morgan fingerprint density at radius 3 is 2.43 bits per heavy atom. The third-order valence-corrected chi connectivity index (χ3v) is 6.28. The molecule has 0 spiro atoms. The van der Waals surface area contributed by atoms with Crippen molar-refractivity contribution in [3.8, 4) is 0 Å². The van der Waals surface area contributed by atoms with Gasteiger partial charge in [0.1, 0.15) is 4.88 Å². The number of carbonyl (C=O) groups is 2. The largest absolute Gasteiger partial charge is 0.378 e. The first-order valence-corrected chi connectivity index (χ1v) is 10.8. The molecule has 0 radical (unpaired) electrons. The number of hydrogen-bond donors (Lipinski definition) is 2. The van der Waals surface area contributed by atoms with E-state index in [4.69, 9.17) is 4.74 Å². The molecule has 0 aliphatic carbocycles. The fraction of sp³-hybridized carbons (Fsp3) is 0.421. The summed E-state index contributed by atoms with van der Waals surface area (Å²) in [4.78, 5) is 32.9. The molecule has 1 fully saturated rings. The first kappa shape index (κ1) is 20.6. The van der Waals surface area contributed by atoms with Gasteiger partial charge in [-0.2, -0.15) is 0 Å². The quantitative estimate of drug-likeness (QED) is 0.572. The lowest BCUT2D eigenvalue weighted by atomic mass is 10.2. The van der Waals surface area contributed by atoms with Gasteiger partial charge in [0.25, 0.3) is 11.8 Å². The monoisotopic (exact) mass is 420 g/mol. The number of hydrogen-bond acceptors (Lipinski definition) is 7. The molecule has 0 saturated carbocycles. The van der Waals surface area contributed by atoms with Gasteiger partial charge in [0, 0.05) is 28.8 Å². The summed E-state index contributed by atoms with van der Waals surface area (Å²) in [5, 5.41) is 1.28. The molecule has 0 atom stereocenters. The Hall–Kier alpha value is -2.10. The molecule has 1 saturated heterocycles. The van der Waals surface area contributed by atoms with Gasteiger partial charge in [-0.05, 0) is 31.2 Å². The molecule has 2 heterocycles. The summed E-state index contributed by atoms with van der Waals surface area (Å²) < 4.78 is 5.35. The van der Waals surface area contributed by atoms with E-state index in [1.807, 2.05) is 12.1 Å². The number of rotatable bonds is 5. The maximum atomic E-state index is 12.5. The van der Waals surface area contributed by atoms with Gasteiger partial charge in [0.2, 0.25) is 0 Å². The molecule has 0 unspecified atom stereocenters. The van der Waals surface area contributed by atoms with Gasteiger partial charge in [-0.1, -0.05) is 25.2 Å². The summed E-state index contributed by atoms with van der Waals surface area (Å²) in [7, 11) is 0. The molecule has 1 aromatic heterocycles. The molecule has 2 aromatic rings. The average Bonchev–Trinajstić information content (AvgIpc) is 3.08. The second-order valence-corrected chi connectivity index (χ2v) is 9.24. The van der Waals surface area contributed by atoms with E-state index in [2.05, 4.69) is 34.6 Å². The lowest BCUT2D eigenvalue weighted by molar-refractivity contribution is 0.0848.